The number of furan rings is 1. The summed E-state index contributed by atoms with van der Waals surface area (Å²) in [6, 6.07) is 11.1. The third-order valence-electron chi connectivity index (χ3n) is 5.05. The van der Waals surface area contributed by atoms with Gasteiger partial charge in [0.15, 0.2) is 11.6 Å². The second-order valence-electron chi connectivity index (χ2n) is 7.48. The van der Waals surface area contributed by atoms with E-state index in [9.17, 15) is 4.79 Å². The lowest BCUT2D eigenvalue weighted by Crippen LogP contribution is -2.14. The molecule has 2 heterocycles. The third-order valence-corrected chi connectivity index (χ3v) is 5.05. The Morgan fingerprint density at radius 3 is 2.67 bits per heavy atom. The maximum absolute atomic E-state index is 13.1. The van der Waals surface area contributed by atoms with E-state index in [4.69, 9.17) is 13.7 Å². The standard InChI is InChI=1S/C23H23N3O4/c1-12(2)21-25-23(30-26-21)16-8-6-7-13(3)19(16)24-22(27)20-14(4)17-11-15(28-5)9-10-18(17)29-20/h6-12H,1-5H3,(H,24,27). The van der Waals surface area contributed by atoms with Crippen molar-refractivity contribution in [3.05, 3.63) is 59.1 Å². The molecular formula is C23H23N3O4. The molecule has 4 rings (SSSR count). The lowest BCUT2D eigenvalue weighted by Gasteiger charge is -2.11. The highest BCUT2D eigenvalue weighted by molar-refractivity contribution is 6.08. The Kier molecular flexibility index (Phi) is 5.03. The maximum atomic E-state index is 13.1. The van der Waals surface area contributed by atoms with Gasteiger partial charge in [-0.05, 0) is 43.7 Å². The Morgan fingerprint density at radius 1 is 1.17 bits per heavy atom. The first-order valence-corrected chi connectivity index (χ1v) is 9.71. The zero-order valence-electron chi connectivity index (χ0n) is 17.6. The van der Waals surface area contributed by atoms with Crippen LogP contribution in [0.5, 0.6) is 5.75 Å². The number of aromatic nitrogens is 2. The fraction of sp³-hybridized carbons (Fsp3) is 0.261. The van der Waals surface area contributed by atoms with Crippen LogP contribution >= 0.6 is 0 Å². The Bertz CT molecular complexity index is 1240. The number of fused-ring (bicyclic) bond motifs is 1. The number of benzene rings is 2. The number of para-hydroxylation sites is 1. The van der Waals surface area contributed by atoms with E-state index in [0.717, 1.165) is 16.5 Å². The molecule has 0 saturated carbocycles. The molecule has 2 aromatic carbocycles. The number of ether oxygens (including phenoxy) is 1. The van der Waals surface area contributed by atoms with Gasteiger partial charge in [0, 0.05) is 16.9 Å². The fourth-order valence-corrected chi connectivity index (χ4v) is 3.30. The number of methoxy groups -OCH3 is 1. The molecule has 1 N–H and O–H groups in total. The molecule has 0 saturated heterocycles. The van der Waals surface area contributed by atoms with Crippen LogP contribution < -0.4 is 10.1 Å². The zero-order chi connectivity index (χ0) is 21.4. The molecule has 0 spiro atoms. The van der Waals surface area contributed by atoms with Gasteiger partial charge in [-0.25, -0.2) is 0 Å². The molecule has 4 aromatic rings. The third kappa shape index (κ3) is 3.43. The molecule has 0 aliphatic heterocycles. The van der Waals surface area contributed by atoms with Gasteiger partial charge >= 0.3 is 0 Å². The van der Waals surface area contributed by atoms with Gasteiger partial charge in [0.05, 0.1) is 18.4 Å². The lowest BCUT2D eigenvalue weighted by molar-refractivity contribution is 0.0998. The van der Waals surface area contributed by atoms with Crippen LogP contribution in [0.2, 0.25) is 0 Å². The number of hydrogen-bond acceptors (Lipinski definition) is 6. The molecule has 0 aliphatic rings. The summed E-state index contributed by atoms with van der Waals surface area (Å²) in [6.45, 7) is 7.75. The summed E-state index contributed by atoms with van der Waals surface area (Å²) in [5.41, 5.74) is 3.52. The summed E-state index contributed by atoms with van der Waals surface area (Å²) in [5.74, 6) is 1.73. The summed E-state index contributed by atoms with van der Waals surface area (Å²) >= 11 is 0. The van der Waals surface area contributed by atoms with Crippen molar-refractivity contribution in [2.45, 2.75) is 33.6 Å². The highest BCUT2D eigenvalue weighted by Crippen LogP contribution is 2.33. The van der Waals surface area contributed by atoms with Crippen molar-refractivity contribution >= 4 is 22.6 Å². The van der Waals surface area contributed by atoms with Crippen LogP contribution in [0.25, 0.3) is 22.4 Å². The number of nitrogens with one attached hydrogen (secondary N) is 1. The quantitative estimate of drug-likeness (QED) is 0.472. The molecule has 0 unspecified atom stereocenters. The van der Waals surface area contributed by atoms with Crippen LogP contribution in [0.1, 0.15) is 47.3 Å². The van der Waals surface area contributed by atoms with Gasteiger partial charge < -0.3 is 19.0 Å². The Hall–Kier alpha value is -3.61. The molecule has 1 amide bonds. The van der Waals surface area contributed by atoms with E-state index in [-0.39, 0.29) is 17.6 Å². The summed E-state index contributed by atoms with van der Waals surface area (Å²) in [4.78, 5) is 17.6. The predicted octanol–water partition coefficient (Wildman–Crippen LogP) is 5.48. The van der Waals surface area contributed by atoms with Crippen molar-refractivity contribution < 1.29 is 18.5 Å². The first-order chi connectivity index (χ1) is 14.4. The van der Waals surface area contributed by atoms with Crippen molar-refractivity contribution in [3.63, 3.8) is 0 Å². The largest absolute Gasteiger partial charge is 0.497 e. The van der Waals surface area contributed by atoms with Gasteiger partial charge in [0.2, 0.25) is 0 Å². The molecule has 30 heavy (non-hydrogen) atoms. The zero-order valence-corrected chi connectivity index (χ0v) is 17.6. The highest BCUT2D eigenvalue weighted by Gasteiger charge is 2.22. The van der Waals surface area contributed by atoms with Crippen LogP contribution in [0.4, 0.5) is 5.69 Å². The fourth-order valence-electron chi connectivity index (χ4n) is 3.30. The normalized spacial score (nSPS) is 11.3. The summed E-state index contributed by atoms with van der Waals surface area (Å²) in [5, 5.41) is 7.84. The van der Waals surface area contributed by atoms with E-state index in [0.29, 0.717) is 34.3 Å². The van der Waals surface area contributed by atoms with E-state index < -0.39 is 0 Å². The first kappa shape index (κ1) is 19.7. The van der Waals surface area contributed by atoms with Crippen LogP contribution in [-0.4, -0.2) is 23.2 Å². The predicted molar refractivity (Wildman–Crippen MR) is 114 cm³/mol. The number of carbonyl (C=O) groups is 1. The molecule has 7 heteroatoms. The summed E-state index contributed by atoms with van der Waals surface area (Å²) in [6.07, 6.45) is 0. The van der Waals surface area contributed by atoms with E-state index in [1.807, 2.05) is 52.0 Å². The molecule has 0 radical (unpaired) electrons. The Labute approximate surface area is 174 Å². The van der Waals surface area contributed by atoms with Crippen molar-refractivity contribution in [3.8, 4) is 17.2 Å². The number of hydrogen-bond donors (Lipinski definition) is 1. The number of anilines is 1. The van der Waals surface area contributed by atoms with Crippen molar-refractivity contribution in [1.29, 1.82) is 0 Å². The Morgan fingerprint density at radius 2 is 1.97 bits per heavy atom. The minimum atomic E-state index is -0.346. The Balaban J connectivity index is 1.72. The van der Waals surface area contributed by atoms with E-state index >= 15 is 0 Å². The molecular weight excluding hydrogens is 382 g/mol. The molecule has 0 fully saturated rings. The monoisotopic (exact) mass is 405 g/mol. The number of rotatable bonds is 5. The molecule has 0 atom stereocenters. The smallest absolute Gasteiger partial charge is 0.291 e. The summed E-state index contributed by atoms with van der Waals surface area (Å²) < 4.78 is 16.6. The van der Waals surface area contributed by atoms with Gasteiger partial charge in [-0.1, -0.05) is 31.1 Å². The van der Waals surface area contributed by atoms with Crippen LogP contribution in [-0.2, 0) is 0 Å². The van der Waals surface area contributed by atoms with Crippen LogP contribution in [0.15, 0.2) is 45.3 Å². The molecule has 7 nitrogen and oxygen atoms in total. The van der Waals surface area contributed by atoms with Crippen LogP contribution in [0.3, 0.4) is 0 Å². The maximum Gasteiger partial charge on any atom is 0.291 e. The van der Waals surface area contributed by atoms with Gasteiger partial charge in [0.1, 0.15) is 11.3 Å². The number of aryl methyl sites for hydroxylation is 2. The van der Waals surface area contributed by atoms with E-state index in [1.165, 1.54) is 0 Å². The molecule has 0 bridgehead atoms. The van der Waals surface area contributed by atoms with Gasteiger partial charge in [-0.2, -0.15) is 4.98 Å². The minimum absolute atomic E-state index is 0.139. The van der Waals surface area contributed by atoms with Gasteiger partial charge in [-0.15, -0.1) is 0 Å². The average molecular weight is 405 g/mol. The number of nitrogens with zero attached hydrogens (tertiary/aromatic N) is 2. The van der Waals surface area contributed by atoms with Crippen molar-refractivity contribution in [1.82, 2.24) is 10.1 Å². The lowest BCUT2D eigenvalue weighted by atomic mass is 10.1. The highest BCUT2D eigenvalue weighted by atomic mass is 16.5. The number of carbonyl (C=O) groups excluding carboxylic acids is 1. The van der Waals surface area contributed by atoms with E-state index in [2.05, 4.69) is 15.5 Å². The molecule has 154 valence electrons. The van der Waals surface area contributed by atoms with E-state index in [1.54, 1.807) is 19.2 Å². The van der Waals surface area contributed by atoms with Crippen molar-refractivity contribution in [2.75, 3.05) is 12.4 Å². The first-order valence-electron chi connectivity index (χ1n) is 9.71. The minimum Gasteiger partial charge on any atom is -0.497 e. The SMILES string of the molecule is COc1ccc2oc(C(=O)Nc3c(C)cccc3-c3nc(C(C)C)no3)c(C)c2c1. The average Bonchev–Trinajstić information content (AvgIpc) is 3.35. The summed E-state index contributed by atoms with van der Waals surface area (Å²) in [7, 11) is 1.60. The van der Waals surface area contributed by atoms with Crippen molar-refractivity contribution in [2.24, 2.45) is 0 Å². The number of amides is 1. The second kappa shape index (κ2) is 7.67. The van der Waals surface area contributed by atoms with Crippen LogP contribution in [0, 0.1) is 13.8 Å². The van der Waals surface area contributed by atoms with Gasteiger partial charge in [-0.3, -0.25) is 4.79 Å². The second-order valence-corrected chi connectivity index (χ2v) is 7.48. The topological polar surface area (TPSA) is 90.4 Å². The molecule has 0 aliphatic carbocycles. The van der Waals surface area contributed by atoms with Gasteiger partial charge in [0.25, 0.3) is 11.8 Å². The molecule has 2 aromatic heterocycles.